The molecule has 0 aliphatic rings. The summed E-state index contributed by atoms with van der Waals surface area (Å²) >= 11 is 2.58. The lowest BCUT2D eigenvalue weighted by Crippen LogP contribution is -2.45. The maximum Gasteiger partial charge on any atom is 0.262 e. The van der Waals surface area contributed by atoms with Crippen molar-refractivity contribution in [3.8, 4) is 16.3 Å². The van der Waals surface area contributed by atoms with Crippen molar-refractivity contribution in [3.05, 3.63) is 82.6 Å². The van der Waals surface area contributed by atoms with Crippen molar-refractivity contribution >= 4 is 39.6 Å². The van der Waals surface area contributed by atoms with Crippen molar-refractivity contribution in [1.29, 1.82) is 0 Å². The molecule has 32 heavy (non-hydrogen) atoms. The van der Waals surface area contributed by atoms with Crippen molar-refractivity contribution in [1.82, 2.24) is 15.5 Å². The SMILES string of the molecule is COc1cccc(-c2nnc(NC(=O)[C@@H](Cc3ccccc3)NC(=O)c3cccs3)s2)c1. The minimum Gasteiger partial charge on any atom is -0.497 e. The highest BCUT2D eigenvalue weighted by molar-refractivity contribution is 7.18. The number of benzene rings is 2. The lowest BCUT2D eigenvalue weighted by Gasteiger charge is -2.17. The molecule has 7 nitrogen and oxygen atoms in total. The summed E-state index contributed by atoms with van der Waals surface area (Å²) in [4.78, 5) is 26.2. The van der Waals surface area contributed by atoms with Crippen LogP contribution in [0.4, 0.5) is 5.13 Å². The van der Waals surface area contributed by atoms with E-state index in [2.05, 4.69) is 20.8 Å². The molecule has 0 radical (unpaired) electrons. The van der Waals surface area contributed by atoms with Crippen molar-refractivity contribution in [3.63, 3.8) is 0 Å². The molecule has 2 aromatic heterocycles. The van der Waals surface area contributed by atoms with Crippen LogP contribution in [0.5, 0.6) is 5.75 Å². The minimum absolute atomic E-state index is 0.287. The number of carbonyl (C=O) groups excluding carboxylic acids is 2. The fourth-order valence-electron chi connectivity index (χ4n) is 3.04. The highest BCUT2D eigenvalue weighted by atomic mass is 32.1. The molecule has 0 aliphatic carbocycles. The number of carbonyl (C=O) groups is 2. The van der Waals surface area contributed by atoms with Crippen LogP contribution in [0.2, 0.25) is 0 Å². The molecule has 0 bridgehead atoms. The Bertz CT molecular complexity index is 1190. The van der Waals surface area contributed by atoms with Crippen molar-refractivity contribution in [2.24, 2.45) is 0 Å². The second-order valence-corrected chi connectivity index (χ2v) is 8.75. The van der Waals surface area contributed by atoms with Gasteiger partial charge in [0, 0.05) is 12.0 Å². The van der Waals surface area contributed by atoms with E-state index < -0.39 is 6.04 Å². The molecule has 2 N–H and O–H groups in total. The molecule has 1 atom stereocenters. The fourth-order valence-corrected chi connectivity index (χ4v) is 4.40. The van der Waals surface area contributed by atoms with E-state index in [9.17, 15) is 9.59 Å². The van der Waals surface area contributed by atoms with Crippen LogP contribution in [0, 0.1) is 0 Å². The summed E-state index contributed by atoms with van der Waals surface area (Å²) in [6, 6.07) is 19.8. The van der Waals surface area contributed by atoms with E-state index in [0.29, 0.717) is 27.2 Å². The third kappa shape index (κ3) is 5.37. The highest BCUT2D eigenvalue weighted by Crippen LogP contribution is 2.28. The van der Waals surface area contributed by atoms with Gasteiger partial charge < -0.3 is 10.1 Å². The van der Waals surface area contributed by atoms with Crippen molar-refractivity contribution in [2.45, 2.75) is 12.5 Å². The molecule has 0 unspecified atom stereocenters. The largest absolute Gasteiger partial charge is 0.497 e. The van der Waals surface area contributed by atoms with Gasteiger partial charge in [0.1, 0.15) is 16.8 Å². The summed E-state index contributed by atoms with van der Waals surface area (Å²) in [6.07, 6.45) is 0.353. The van der Waals surface area contributed by atoms with Crippen molar-refractivity contribution < 1.29 is 14.3 Å². The molecule has 2 aromatic carbocycles. The smallest absolute Gasteiger partial charge is 0.262 e. The average Bonchev–Trinajstić information content (AvgIpc) is 3.52. The summed E-state index contributed by atoms with van der Waals surface area (Å²) in [5.74, 6) is 0.0695. The summed E-state index contributed by atoms with van der Waals surface area (Å²) < 4.78 is 5.25. The molecular weight excluding hydrogens is 444 g/mol. The summed E-state index contributed by atoms with van der Waals surface area (Å²) in [5.41, 5.74) is 1.78. The average molecular weight is 465 g/mol. The van der Waals surface area contributed by atoms with Gasteiger partial charge in [0.25, 0.3) is 5.91 Å². The van der Waals surface area contributed by atoms with Crippen LogP contribution in [0.15, 0.2) is 72.1 Å². The third-order valence-corrected chi connectivity index (χ3v) is 6.38. The number of methoxy groups -OCH3 is 1. The van der Waals surface area contributed by atoms with Gasteiger partial charge in [0.05, 0.1) is 12.0 Å². The number of nitrogens with one attached hydrogen (secondary N) is 2. The molecular formula is C23H20N4O3S2. The molecule has 0 saturated heterocycles. The third-order valence-electron chi connectivity index (χ3n) is 4.62. The summed E-state index contributed by atoms with van der Waals surface area (Å²) in [6.45, 7) is 0. The topological polar surface area (TPSA) is 93.2 Å². The second-order valence-electron chi connectivity index (χ2n) is 6.83. The minimum atomic E-state index is -0.767. The van der Waals surface area contributed by atoms with Gasteiger partial charge in [-0.1, -0.05) is 59.9 Å². The van der Waals surface area contributed by atoms with E-state index >= 15 is 0 Å². The predicted molar refractivity (Wildman–Crippen MR) is 126 cm³/mol. The van der Waals surface area contributed by atoms with Crippen LogP contribution >= 0.6 is 22.7 Å². The number of rotatable bonds is 8. The van der Waals surface area contributed by atoms with Crippen LogP contribution in [-0.4, -0.2) is 35.2 Å². The van der Waals surface area contributed by atoms with Gasteiger partial charge in [-0.15, -0.1) is 21.5 Å². The number of thiophene rings is 1. The summed E-state index contributed by atoms with van der Waals surface area (Å²) in [5, 5.41) is 16.7. The Kier molecular flexibility index (Phi) is 6.88. The van der Waals surface area contributed by atoms with Gasteiger partial charge in [-0.05, 0) is 29.1 Å². The van der Waals surface area contributed by atoms with Crippen LogP contribution in [-0.2, 0) is 11.2 Å². The van der Waals surface area contributed by atoms with Crippen LogP contribution in [0.25, 0.3) is 10.6 Å². The van der Waals surface area contributed by atoms with E-state index in [0.717, 1.165) is 11.1 Å². The van der Waals surface area contributed by atoms with Crippen LogP contribution in [0.1, 0.15) is 15.2 Å². The Labute approximate surface area is 193 Å². The van der Waals surface area contributed by atoms with E-state index in [-0.39, 0.29) is 11.8 Å². The van der Waals surface area contributed by atoms with E-state index in [1.807, 2.05) is 60.0 Å². The van der Waals surface area contributed by atoms with Gasteiger partial charge in [0.2, 0.25) is 11.0 Å². The van der Waals surface area contributed by atoms with Gasteiger partial charge in [-0.3, -0.25) is 14.9 Å². The first kappa shape index (κ1) is 21.7. The number of hydrogen-bond acceptors (Lipinski definition) is 7. The zero-order chi connectivity index (χ0) is 22.3. The van der Waals surface area contributed by atoms with E-state index in [4.69, 9.17) is 4.74 Å². The Morgan fingerprint density at radius 1 is 1.03 bits per heavy atom. The molecule has 2 heterocycles. The number of amides is 2. The Morgan fingerprint density at radius 3 is 2.62 bits per heavy atom. The number of aromatic nitrogens is 2. The Balaban J connectivity index is 1.50. The van der Waals surface area contributed by atoms with E-state index in [1.165, 1.54) is 22.7 Å². The molecule has 4 rings (SSSR count). The van der Waals surface area contributed by atoms with Gasteiger partial charge >= 0.3 is 0 Å². The number of nitrogens with zero attached hydrogens (tertiary/aromatic N) is 2. The molecule has 0 aliphatic heterocycles. The fraction of sp³-hybridized carbons (Fsp3) is 0.130. The second kappa shape index (κ2) is 10.2. The van der Waals surface area contributed by atoms with Gasteiger partial charge in [-0.2, -0.15) is 0 Å². The molecule has 0 saturated carbocycles. The molecule has 9 heteroatoms. The first-order valence-electron chi connectivity index (χ1n) is 9.79. The standard InChI is InChI=1S/C23H20N4O3S2/c1-30-17-10-5-9-16(14-17)22-26-27-23(32-22)25-20(28)18(13-15-7-3-2-4-8-15)24-21(29)19-11-6-12-31-19/h2-12,14,18H,13H2,1H3,(H,24,29)(H,25,27,28)/t18-/m1/s1. The lowest BCUT2D eigenvalue weighted by molar-refractivity contribution is -0.118. The normalized spacial score (nSPS) is 11.5. The molecule has 162 valence electrons. The quantitative estimate of drug-likeness (QED) is 0.407. The zero-order valence-electron chi connectivity index (χ0n) is 17.1. The predicted octanol–water partition coefficient (Wildman–Crippen LogP) is 4.26. The zero-order valence-corrected chi connectivity index (χ0v) is 18.8. The number of ether oxygens (including phenoxy) is 1. The monoisotopic (exact) mass is 464 g/mol. The number of hydrogen-bond donors (Lipinski definition) is 2. The van der Waals surface area contributed by atoms with E-state index in [1.54, 1.807) is 19.2 Å². The summed E-state index contributed by atoms with van der Waals surface area (Å²) in [7, 11) is 1.60. The number of anilines is 1. The highest BCUT2D eigenvalue weighted by Gasteiger charge is 2.23. The van der Waals surface area contributed by atoms with Crippen molar-refractivity contribution in [2.75, 3.05) is 12.4 Å². The molecule has 4 aromatic rings. The first-order chi connectivity index (χ1) is 15.6. The maximum absolute atomic E-state index is 13.1. The Hall–Kier alpha value is -3.56. The van der Waals surface area contributed by atoms with Gasteiger partial charge in [0.15, 0.2) is 0 Å². The van der Waals surface area contributed by atoms with Gasteiger partial charge in [-0.25, -0.2) is 0 Å². The molecule has 2 amide bonds. The van der Waals surface area contributed by atoms with Crippen LogP contribution < -0.4 is 15.4 Å². The van der Waals surface area contributed by atoms with Crippen LogP contribution in [0.3, 0.4) is 0 Å². The maximum atomic E-state index is 13.1. The Morgan fingerprint density at radius 2 is 1.88 bits per heavy atom. The molecule has 0 fully saturated rings. The molecule has 0 spiro atoms. The lowest BCUT2D eigenvalue weighted by atomic mass is 10.1. The first-order valence-corrected chi connectivity index (χ1v) is 11.5.